The van der Waals surface area contributed by atoms with Gasteiger partial charge in [-0.3, -0.25) is 0 Å². The number of thioether (sulfide) groups is 1. The Morgan fingerprint density at radius 1 is 1.21 bits per heavy atom. The topological polar surface area (TPSA) is 94.1 Å². The summed E-state index contributed by atoms with van der Waals surface area (Å²) in [6, 6.07) is 5.14. The van der Waals surface area contributed by atoms with Gasteiger partial charge in [0.25, 0.3) is 0 Å². The van der Waals surface area contributed by atoms with Crippen LogP contribution in [0.1, 0.15) is 44.7 Å². The molecule has 0 saturated carbocycles. The lowest BCUT2D eigenvalue weighted by Gasteiger charge is -2.18. The average Bonchev–Trinajstić information content (AvgIpc) is 3.24. The molecule has 2 aromatic heterocycles. The van der Waals surface area contributed by atoms with E-state index in [-0.39, 0.29) is 10.1 Å². The lowest BCUT2D eigenvalue weighted by molar-refractivity contribution is 0.376. The highest BCUT2D eigenvalue weighted by molar-refractivity contribution is 7.99. The van der Waals surface area contributed by atoms with Crippen molar-refractivity contribution in [3.63, 3.8) is 0 Å². The van der Waals surface area contributed by atoms with Crippen LogP contribution in [-0.2, 0) is 16.6 Å². The number of hydrogen-bond acceptors (Lipinski definition) is 7. The fourth-order valence-electron chi connectivity index (χ4n) is 3.04. The molecule has 1 aromatic carbocycles. The summed E-state index contributed by atoms with van der Waals surface area (Å²) < 4.78 is 34.4. The summed E-state index contributed by atoms with van der Waals surface area (Å²) in [5.74, 6) is 1.14. The molecule has 0 N–H and O–H groups in total. The molecule has 8 nitrogen and oxygen atoms in total. The number of fused-ring (bicyclic) bond motifs is 1. The van der Waals surface area contributed by atoms with Gasteiger partial charge in [-0.2, -0.15) is 9.29 Å². The second kappa shape index (κ2) is 8.22. The fourth-order valence-corrected chi connectivity index (χ4v) is 5.54. The van der Waals surface area contributed by atoms with Gasteiger partial charge in [0, 0.05) is 19.6 Å². The molecular weight excluding hydrogens is 398 g/mol. The molecule has 3 rings (SSSR count). The van der Waals surface area contributed by atoms with E-state index in [9.17, 15) is 8.42 Å². The summed E-state index contributed by atoms with van der Waals surface area (Å²) in [5.41, 5.74) is 1.56. The molecule has 2 heterocycles. The highest BCUT2D eigenvalue weighted by atomic mass is 32.2. The van der Waals surface area contributed by atoms with Crippen molar-refractivity contribution in [1.82, 2.24) is 24.0 Å². The molecule has 1 atom stereocenters. The number of imidazole rings is 1. The second-order valence-corrected chi connectivity index (χ2v) is 9.56. The zero-order valence-electron chi connectivity index (χ0n) is 16.7. The third kappa shape index (κ3) is 3.81. The minimum Gasteiger partial charge on any atom is -0.338 e. The molecule has 152 valence electrons. The molecule has 0 aliphatic heterocycles. The molecule has 0 amide bonds. The molecule has 10 heteroatoms. The van der Waals surface area contributed by atoms with Gasteiger partial charge in [0.2, 0.25) is 15.9 Å². The van der Waals surface area contributed by atoms with Crippen molar-refractivity contribution in [2.45, 2.75) is 56.5 Å². The Morgan fingerprint density at radius 2 is 1.93 bits per heavy atom. The first-order valence-corrected chi connectivity index (χ1v) is 11.6. The normalized spacial score (nSPS) is 13.5. The van der Waals surface area contributed by atoms with Gasteiger partial charge in [-0.25, -0.2) is 13.4 Å². The molecule has 0 saturated heterocycles. The van der Waals surface area contributed by atoms with Crippen molar-refractivity contribution in [2.75, 3.05) is 13.1 Å². The smallest absolute Gasteiger partial charge is 0.243 e. The minimum absolute atomic E-state index is 0.0674. The maximum Gasteiger partial charge on any atom is 0.243 e. The van der Waals surface area contributed by atoms with E-state index in [4.69, 9.17) is 9.51 Å². The van der Waals surface area contributed by atoms with Gasteiger partial charge in [-0.05, 0) is 39.0 Å². The van der Waals surface area contributed by atoms with Crippen molar-refractivity contribution in [3.05, 3.63) is 29.9 Å². The van der Waals surface area contributed by atoms with E-state index in [1.165, 1.54) is 16.1 Å². The second-order valence-electron chi connectivity index (χ2n) is 6.32. The van der Waals surface area contributed by atoms with Crippen molar-refractivity contribution >= 4 is 32.8 Å². The fraction of sp³-hybridized carbons (Fsp3) is 0.500. The van der Waals surface area contributed by atoms with E-state index in [1.54, 1.807) is 19.1 Å². The largest absolute Gasteiger partial charge is 0.338 e. The summed E-state index contributed by atoms with van der Waals surface area (Å²) in [6.45, 7) is 11.0. The summed E-state index contributed by atoms with van der Waals surface area (Å²) in [7, 11) is -3.52. The number of hydrogen-bond donors (Lipinski definition) is 0. The third-order valence-corrected chi connectivity index (χ3v) is 7.64. The van der Waals surface area contributed by atoms with Crippen LogP contribution in [0.15, 0.2) is 32.8 Å². The van der Waals surface area contributed by atoms with Gasteiger partial charge in [-0.15, -0.1) is 0 Å². The number of aromatic nitrogens is 4. The van der Waals surface area contributed by atoms with Gasteiger partial charge in [0.15, 0.2) is 11.0 Å². The number of aryl methyl sites for hydroxylation is 2. The quantitative estimate of drug-likeness (QED) is 0.511. The first-order chi connectivity index (χ1) is 13.3. The van der Waals surface area contributed by atoms with Crippen LogP contribution >= 0.6 is 11.8 Å². The van der Waals surface area contributed by atoms with Gasteiger partial charge in [-0.1, -0.05) is 30.8 Å². The lowest BCUT2D eigenvalue weighted by atomic mass is 10.3. The number of benzene rings is 1. The zero-order valence-corrected chi connectivity index (χ0v) is 18.3. The molecule has 0 bridgehead atoms. The van der Waals surface area contributed by atoms with Crippen molar-refractivity contribution in [2.24, 2.45) is 0 Å². The van der Waals surface area contributed by atoms with E-state index >= 15 is 0 Å². The molecular formula is C18H25N5O3S2. The molecule has 0 fully saturated rings. The van der Waals surface area contributed by atoms with Crippen LogP contribution in [0.4, 0.5) is 0 Å². The molecule has 0 aliphatic carbocycles. The highest BCUT2D eigenvalue weighted by Gasteiger charge is 2.24. The van der Waals surface area contributed by atoms with Crippen molar-refractivity contribution < 1.29 is 12.9 Å². The van der Waals surface area contributed by atoms with Gasteiger partial charge >= 0.3 is 0 Å². The first kappa shape index (κ1) is 20.8. The Labute approximate surface area is 169 Å². The van der Waals surface area contributed by atoms with E-state index in [0.717, 1.165) is 17.2 Å². The number of nitrogens with zero attached hydrogens (tertiary/aromatic N) is 5. The molecule has 28 heavy (non-hydrogen) atoms. The molecule has 0 unspecified atom stereocenters. The Kier molecular flexibility index (Phi) is 6.11. The van der Waals surface area contributed by atoms with Crippen LogP contribution in [0.2, 0.25) is 0 Å². The maximum absolute atomic E-state index is 12.8. The van der Waals surface area contributed by atoms with Crippen LogP contribution in [-0.4, -0.2) is 45.5 Å². The molecule has 3 aromatic rings. The third-order valence-electron chi connectivity index (χ3n) is 4.52. The maximum atomic E-state index is 12.8. The number of rotatable bonds is 8. The SMILES string of the molecule is CCN(CC)S(=O)(=O)c1ccc2c(c1)nc(S[C@@H](C)c1nc(C)no1)n2CC. The van der Waals surface area contributed by atoms with E-state index in [2.05, 4.69) is 14.7 Å². The monoisotopic (exact) mass is 423 g/mol. The van der Waals surface area contributed by atoms with Crippen molar-refractivity contribution in [3.8, 4) is 0 Å². The Bertz CT molecular complexity index is 1070. The van der Waals surface area contributed by atoms with Crippen LogP contribution in [0.3, 0.4) is 0 Å². The zero-order chi connectivity index (χ0) is 20.5. The van der Waals surface area contributed by atoms with Gasteiger partial charge in [0.1, 0.15) is 0 Å². The molecule has 0 radical (unpaired) electrons. The predicted molar refractivity (Wildman–Crippen MR) is 109 cm³/mol. The summed E-state index contributed by atoms with van der Waals surface area (Å²) >= 11 is 1.51. The number of sulfonamides is 1. The first-order valence-electron chi connectivity index (χ1n) is 9.29. The molecule has 0 aliphatic rings. The van der Waals surface area contributed by atoms with Crippen LogP contribution in [0, 0.1) is 6.92 Å². The van der Waals surface area contributed by atoms with E-state index in [0.29, 0.717) is 30.3 Å². The lowest BCUT2D eigenvalue weighted by Crippen LogP contribution is -2.30. The summed E-state index contributed by atoms with van der Waals surface area (Å²) in [4.78, 5) is 9.24. The Balaban J connectivity index is 1.99. The summed E-state index contributed by atoms with van der Waals surface area (Å²) in [6.07, 6.45) is 0. The minimum atomic E-state index is -3.52. The predicted octanol–water partition coefficient (Wildman–Crippen LogP) is 3.63. The van der Waals surface area contributed by atoms with Gasteiger partial charge in [0.05, 0.1) is 21.2 Å². The van der Waals surface area contributed by atoms with Crippen molar-refractivity contribution in [1.29, 1.82) is 0 Å². The average molecular weight is 424 g/mol. The van der Waals surface area contributed by atoms with Crippen LogP contribution in [0.5, 0.6) is 0 Å². The summed E-state index contributed by atoms with van der Waals surface area (Å²) in [5, 5.41) is 4.56. The standard InChI is InChI=1S/C18H25N5O3S2/c1-6-22(7-2)28(24,25)14-9-10-16-15(11-14)20-18(23(16)8-3)27-12(4)17-19-13(5)21-26-17/h9-12H,6-8H2,1-5H3/t12-/m0/s1. The van der Waals surface area contributed by atoms with E-state index in [1.807, 2.05) is 33.8 Å². The Morgan fingerprint density at radius 3 is 2.50 bits per heavy atom. The molecule has 0 spiro atoms. The van der Waals surface area contributed by atoms with Crippen LogP contribution in [0.25, 0.3) is 11.0 Å². The van der Waals surface area contributed by atoms with Gasteiger partial charge < -0.3 is 9.09 Å². The highest BCUT2D eigenvalue weighted by Crippen LogP contribution is 2.35. The van der Waals surface area contributed by atoms with E-state index < -0.39 is 10.0 Å². The van der Waals surface area contributed by atoms with Crippen LogP contribution < -0.4 is 0 Å². The Hall–Kier alpha value is -1.91.